The van der Waals surface area contributed by atoms with Crippen LogP contribution < -0.4 is 4.74 Å². The van der Waals surface area contributed by atoms with E-state index in [1.807, 2.05) is 6.92 Å². The van der Waals surface area contributed by atoms with Gasteiger partial charge in [-0.1, -0.05) is 11.6 Å². The van der Waals surface area contributed by atoms with Crippen LogP contribution in [0, 0.1) is 0 Å². The molecule has 0 aromatic carbocycles. The summed E-state index contributed by atoms with van der Waals surface area (Å²) in [5.41, 5.74) is 0.330. The Bertz CT molecular complexity index is 341. The Balaban J connectivity index is 3.00. The molecule has 0 N–H and O–H groups in total. The van der Waals surface area contributed by atoms with E-state index in [1.165, 1.54) is 19.2 Å². The maximum Gasteiger partial charge on any atom is 0.338 e. The second-order valence-electron chi connectivity index (χ2n) is 2.44. The Morgan fingerprint density at radius 1 is 1.57 bits per heavy atom. The van der Waals surface area contributed by atoms with E-state index in [1.54, 1.807) is 0 Å². The van der Waals surface area contributed by atoms with Crippen molar-refractivity contribution in [1.82, 2.24) is 4.98 Å². The molecule has 0 atom stereocenters. The third-order valence-electron chi connectivity index (χ3n) is 1.48. The Morgan fingerprint density at radius 2 is 2.29 bits per heavy atom. The first kappa shape index (κ1) is 10.8. The van der Waals surface area contributed by atoms with Crippen LogP contribution in [-0.4, -0.2) is 24.7 Å². The molecule has 0 spiro atoms. The highest BCUT2D eigenvalue weighted by Gasteiger charge is 2.09. The number of pyridine rings is 1. The van der Waals surface area contributed by atoms with Gasteiger partial charge in [0.2, 0.25) is 5.88 Å². The summed E-state index contributed by atoms with van der Waals surface area (Å²) in [6.45, 7) is 2.29. The summed E-state index contributed by atoms with van der Waals surface area (Å²) >= 11 is 5.69. The number of ether oxygens (including phenoxy) is 2. The average molecular weight is 216 g/mol. The summed E-state index contributed by atoms with van der Waals surface area (Å²) in [6.07, 6.45) is 0. The lowest BCUT2D eigenvalue weighted by molar-refractivity contribution is 0.0600. The molecule has 0 bridgehead atoms. The molecule has 0 aliphatic carbocycles. The standard InChI is InChI=1S/C9H10ClNO3/c1-3-14-8-5-6(9(12)13-2)4-7(10)11-8/h4-5H,3H2,1-2H3. The summed E-state index contributed by atoms with van der Waals surface area (Å²) in [5.74, 6) is -0.143. The zero-order valence-corrected chi connectivity index (χ0v) is 8.67. The minimum atomic E-state index is -0.463. The Morgan fingerprint density at radius 3 is 2.86 bits per heavy atom. The van der Waals surface area contributed by atoms with Crippen molar-refractivity contribution in [3.8, 4) is 5.88 Å². The second kappa shape index (κ2) is 4.81. The molecule has 1 aromatic heterocycles. The van der Waals surface area contributed by atoms with Gasteiger partial charge in [-0.25, -0.2) is 9.78 Å². The number of halogens is 1. The fraction of sp³-hybridized carbons (Fsp3) is 0.333. The Labute approximate surface area is 86.8 Å². The van der Waals surface area contributed by atoms with Crippen molar-refractivity contribution in [3.05, 3.63) is 22.8 Å². The molecule has 0 unspecified atom stereocenters. The van der Waals surface area contributed by atoms with Gasteiger partial charge in [0, 0.05) is 6.07 Å². The van der Waals surface area contributed by atoms with E-state index >= 15 is 0 Å². The van der Waals surface area contributed by atoms with Gasteiger partial charge in [-0.2, -0.15) is 0 Å². The number of hydrogen-bond acceptors (Lipinski definition) is 4. The molecule has 0 aliphatic heterocycles. The van der Waals surface area contributed by atoms with E-state index in [4.69, 9.17) is 16.3 Å². The van der Waals surface area contributed by atoms with E-state index in [-0.39, 0.29) is 5.15 Å². The van der Waals surface area contributed by atoms with Gasteiger partial charge in [0.25, 0.3) is 0 Å². The normalized spacial score (nSPS) is 9.64. The Kier molecular flexibility index (Phi) is 3.71. The van der Waals surface area contributed by atoms with Gasteiger partial charge < -0.3 is 9.47 Å². The summed E-state index contributed by atoms with van der Waals surface area (Å²) in [6, 6.07) is 2.91. The predicted octanol–water partition coefficient (Wildman–Crippen LogP) is 1.92. The molecule has 0 radical (unpaired) electrons. The number of rotatable bonds is 3. The van der Waals surface area contributed by atoms with E-state index < -0.39 is 5.97 Å². The largest absolute Gasteiger partial charge is 0.478 e. The first-order valence-electron chi connectivity index (χ1n) is 4.06. The van der Waals surface area contributed by atoms with Crippen LogP contribution >= 0.6 is 11.6 Å². The first-order chi connectivity index (χ1) is 6.67. The summed E-state index contributed by atoms with van der Waals surface area (Å²) in [5, 5.41) is 0.205. The van der Waals surface area contributed by atoms with Gasteiger partial charge in [0.15, 0.2) is 0 Å². The maximum absolute atomic E-state index is 11.2. The lowest BCUT2D eigenvalue weighted by Crippen LogP contribution is -2.03. The second-order valence-corrected chi connectivity index (χ2v) is 2.83. The van der Waals surface area contributed by atoms with Crippen LogP contribution in [0.15, 0.2) is 12.1 Å². The molecule has 0 saturated heterocycles. The molecule has 0 fully saturated rings. The van der Waals surface area contributed by atoms with E-state index in [9.17, 15) is 4.79 Å². The summed E-state index contributed by atoms with van der Waals surface area (Å²) < 4.78 is 9.66. The van der Waals surface area contributed by atoms with E-state index in [0.717, 1.165) is 0 Å². The molecule has 0 aliphatic rings. The maximum atomic E-state index is 11.2. The fourth-order valence-corrected chi connectivity index (χ4v) is 1.13. The van der Waals surface area contributed by atoms with Crippen molar-refractivity contribution in [2.45, 2.75) is 6.92 Å². The van der Waals surface area contributed by atoms with Crippen molar-refractivity contribution in [3.63, 3.8) is 0 Å². The third-order valence-corrected chi connectivity index (χ3v) is 1.68. The van der Waals surface area contributed by atoms with Gasteiger partial charge in [-0.3, -0.25) is 0 Å². The highest BCUT2D eigenvalue weighted by atomic mass is 35.5. The van der Waals surface area contributed by atoms with Crippen LogP contribution in [0.2, 0.25) is 5.15 Å². The smallest absolute Gasteiger partial charge is 0.338 e. The summed E-state index contributed by atoms with van der Waals surface area (Å²) in [7, 11) is 1.30. The average Bonchev–Trinajstić information content (AvgIpc) is 2.16. The molecular weight excluding hydrogens is 206 g/mol. The predicted molar refractivity (Wildman–Crippen MR) is 51.8 cm³/mol. The molecule has 1 heterocycles. The van der Waals surface area contributed by atoms with Gasteiger partial charge in [0.05, 0.1) is 19.3 Å². The number of aromatic nitrogens is 1. The summed E-state index contributed by atoms with van der Waals surface area (Å²) in [4.78, 5) is 15.0. The highest BCUT2D eigenvalue weighted by Crippen LogP contribution is 2.16. The van der Waals surface area contributed by atoms with Crippen molar-refractivity contribution >= 4 is 17.6 Å². The van der Waals surface area contributed by atoms with Crippen LogP contribution in [0.3, 0.4) is 0 Å². The number of carbonyl (C=O) groups excluding carboxylic acids is 1. The molecular formula is C9H10ClNO3. The zero-order valence-electron chi connectivity index (χ0n) is 7.91. The van der Waals surface area contributed by atoms with Gasteiger partial charge in [-0.05, 0) is 13.0 Å². The Hall–Kier alpha value is -1.29. The molecule has 14 heavy (non-hydrogen) atoms. The topological polar surface area (TPSA) is 48.4 Å². The van der Waals surface area contributed by atoms with Crippen LogP contribution in [0.4, 0.5) is 0 Å². The molecule has 1 aromatic rings. The van der Waals surface area contributed by atoms with E-state index in [2.05, 4.69) is 9.72 Å². The van der Waals surface area contributed by atoms with Gasteiger partial charge in [-0.15, -0.1) is 0 Å². The monoisotopic (exact) mass is 215 g/mol. The number of methoxy groups -OCH3 is 1. The SMILES string of the molecule is CCOc1cc(C(=O)OC)cc(Cl)n1. The first-order valence-corrected chi connectivity index (χ1v) is 4.44. The van der Waals surface area contributed by atoms with Gasteiger partial charge >= 0.3 is 5.97 Å². The van der Waals surface area contributed by atoms with Crippen molar-refractivity contribution in [2.24, 2.45) is 0 Å². The molecule has 76 valence electrons. The number of nitrogens with zero attached hydrogens (tertiary/aromatic N) is 1. The number of carbonyl (C=O) groups is 1. The van der Waals surface area contributed by atoms with Crippen molar-refractivity contribution in [1.29, 1.82) is 0 Å². The van der Waals surface area contributed by atoms with Gasteiger partial charge in [0.1, 0.15) is 5.15 Å². The van der Waals surface area contributed by atoms with E-state index in [0.29, 0.717) is 18.1 Å². The molecule has 4 nitrogen and oxygen atoms in total. The van der Waals surface area contributed by atoms with Crippen LogP contribution in [-0.2, 0) is 4.74 Å². The molecule has 0 saturated carbocycles. The fourth-order valence-electron chi connectivity index (χ4n) is 0.930. The molecule has 5 heteroatoms. The third kappa shape index (κ3) is 2.60. The number of esters is 1. The highest BCUT2D eigenvalue weighted by molar-refractivity contribution is 6.29. The molecule has 0 amide bonds. The molecule has 1 rings (SSSR count). The van der Waals surface area contributed by atoms with Crippen LogP contribution in [0.5, 0.6) is 5.88 Å². The van der Waals surface area contributed by atoms with Crippen LogP contribution in [0.25, 0.3) is 0 Å². The van der Waals surface area contributed by atoms with Crippen LogP contribution in [0.1, 0.15) is 17.3 Å². The zero-order chi connectivity index (χ0) is 10.6. The number of hydrogen-bond donors (Lipinski definition) is 0. The van der Waals surface area contributed by atoms with Crippen molar-refractivity contribution < 1.29 is 14.3 Å². The minimum Gasteiger partial charge on any atom is -0.478 e. The quantitative estimate of drug-likeness (QED) is 0.571. The lowest BCUT2D eigenvalue weighted by atomic mass is 10.3. The van der Waals surface area contributed by atoms with Crippen molar-refractivity contribution in [2.75, 3.05) is 13.7 Å². The minimum absolute atomic E-state index is 0.205. The lowest BCUT2D eigenvalue weighted by Gasteiger charge is -2.04.